The molecule has 1 amide bonds. The lowest BCUT2D eigenvalue weighted by Gasteiger charge is -2.27. The van der Waals surface area contributed by atoms with E-state index >= 15 is 0 Å². The van der Waals surface area contributed by atoms with Crippen molar-refractivity contribution in [2.75, 3.05) is 7.11 Å². The zero-order valence-corrected chi connectivity index (χ0v) is 18.3. The van der Waals surface area contributed by atoms with E-state index in [0.717, 1.165) is 27.8 Å². The molecule has 32 heavy (non-hydrogen) atoms. The van der Waals surface area contributed by atoms with Crippen LogP contribution in [0.5, 0.6) is 0 Å². The van der Waals surface area contributed by atoms with Crippen molar-refractivity contribution in [3.8, 4) is 0 Å². The number of ether oxygens (including phenoxy) is 1. The molecule has 4 rings (SSSR count). The van der Waals surface area contributed by atoms with E-state index in [4.69, 9.17) is 4.74 Å². The number of carbonyl (C=O) groups excluding carboxylic acids is 2. The Balaban J connectivity index is 1.79. The van der Waals surface area contributed by atoms with Crippen LogP contribution in [0.15, 0.2) is 78.6 Å². The molecule has 1 atom stereocenters. The van der Waals surface area contributed by atoms with Crippen LogP contribution in [-0.2, 0) is 16.1 Å². The normalized spacial score (nSPS) is 15.9. The molecule has 0 saturated heterocycles. The number of aliphatic hydroxyl groups is 1. The molecule has 1 heterocycles. The monoisotopic (exact) mass is 427 g/mol. The molecular formula is C27H25NO4. The van der Waals surface area contributed by atoms with Gasteiger partial charge in [-0.25, -0.2) is 4.79 Å². The summed E-state index contributed by atoms with van der Waals surface area (Å²) in [6.45, 7) is 4.35. The van der Waals surface area contributed by atoms with Crippen LogP contribution in [0.3, 0.4) is 0 Å². The maximum absolute atomic E-state index is 13.2. The van der Waals surface area contributed by atoms with Crippen LogP contribution in [-0.4, -0.2) is 29.0 Å². The lowest BCUT2D eigenvalue weighted by Crippen LogP contribution is -2.29. The van der Waals surface area contributed by atoms with E-state index in [2.05, 4.69) is 0 Å². The third kappa shape index (κ3) is 4.02. The molecule has 1 N–H and O–H groups in total. The summed E-state index contributed by atoms with van der Waals surface area (Å²) in [4.78, 5) is 26.7. The SMILES string of the molecule is COC(=O)c1ccc([C@@H]2C(c3ccc(C)cc3)=C(O)C(=O)N2Cc2ccc(C)cc2)cc1. The average molecular weight is 428 g/mol. The van der Waals surface area contributed by atoms with Crippen molar-refractivity contribution in [1.29, 1.82) is 0 Å². The second kappa shape index (κ2) is 8.71. The molecule has 162 valence electrons. The van der Waals surface area contributed by atoms with Gasteiger partial charge in [0, 0.05) is 12.1 Å². The molecular weight excluding hydrogens is 402 g/mol. The molecule has 1 aliphatic rings. The minimum atomic E-state index is -0.488. The van der Waals surface area contributed by atoms with Gasteiger partial charge in [0.15, 0.2) is 5.76 Å². The molecule has 0 aromatic heterocycles. The van der Waals surface area contributed by atoms with Crippen molar-refractivity contribution >= 4 is 17.4 Å². The summed E-state index contributed by atoms with van der Waals surface area (Å²) < 4.78 is 4.79. The van der Waals surface area contributed by atoms with Crippen LogP contribution in [0.4, 0.5) is 0 Å². The number of hydrogen-bond donors (Lipinski definition) is 1. The topological polar surface area (TPSA) is 66.8 Å². The number of nitrogens with zero attached hydrogens (tertiary/aromatic N) is 1. The highest BCUT2D eigenvalue weighted by molar-refractivity contribution is 6.05. The minimum Gasteiger partial charge on any atom is -0.503 e. The summed E-state index contributed by atoms with van der Waals surface area (Å²) in [5, 5.41) is 10.9. The summed E-state index contributed by atoms with van der Waals surface area (Å²) in [5.74, 6) is -1.08. The maximum atomic E-state index is 13.2. The van der Waals surface area contributed by atoms with E-state index in [9.17, 15) is 14.7 Å². The van der Waals surface area contributed by atoms with Crippen LogP contribution in [0.1, 0.15) is 44.2 Å². The highest BCUT2D eigenvalue weighted by Crippen LogP contribution is 2.43. The Labute approximate surface area is 187 Å². The Hall–Kier alpha value is -3.86. The summed E-state index contributed by atoms with van der Waals surface area (Å²) in [5.41, 5.74) is 5.78. The quantitative estimate of drug-likeness (QED) is 0.573. The molecule has 0 bridgehead atoms. The van der Waals surface area contributed by atoms with Gasteiger partial charge in [-0.05, 0) is 42.7 Å². The highest BCUT2D eigenvalue weighted by Gasteiger charge is 2.41. The van der Waals surface area contributed by atoms with E-state index < -0.39 is 17.9 Å². The van der Waals surface area contributed by atoms with E-state index in [0.29, 0.717) is 17.7 Å². The lowest BCUT2D eigenvalue weighted by atomic mass is 9.92. The van der Waals surface area contributed by atoms with Gasteiger partial charge in [0.2, 0.25) is 0 Å². The molecule has 5 heteroatoms. The Morgan fingerprint density at radius 2 is 1.47 bits per heavy atom. The fourth-order valence-corrected chi connectivity index (χ4v) is 4.00. The first-order valence-electron chi connectivity index (χ1n) is 10.4. The molecule has 3 aromatic carbocycles. The predicted octanol–water partition coefficient (Wildman–Crippen LogP) is 5.14. The van der Waals surface area contributed by atoms with Crippen molar-refractivity contribution in [2.24, 2.45) is 0 Å². The number of amides is 1. The number of methoxy groups -OCH3 is 1. The summed E-state index contributed by atoms with van der Waals surface area (Å²) in [6, 6.07) is 22.2. The first-order valence-corrected chi connectivity index (χ1v) is 10.4. The lowest BCUT2D eigenvalue weighted by molar-refractivity contribution is -0.130. The molecule has 0 spiro atoms. The van der Waals surface area contributed by atoms with Crippen molar-refractivity contribution in [3.05, 3.63) is 112 Å². The number of aliphatic hydroxyl groups excluding tert-OH is 1. The molecule has 1 aliphatic heterocycles. The van der Waals surface area contributed by atoms with E-state index in [-0.39, 0.29) is 5.76 Å². The van der Waals surface area contributed by atoms with Gasteiger partial charge in [0.05, 0.1) is 18.7 Å². The van der Waals surface area contributed by atoms with Crippen molar-refractivity contribution in [2.45, 2.75) is 26.4 Å². The van der Waals surface area contributed by atoms with Crippen LogP contribution in [0.25, 0.3) is 5.57 Å². The van der Waals surface area contributed by atoms with Gasteiger partial charge in [0.25, 0.3) is 5.91 Å². The molecule has 0 radical (unpaired) electrons. The predicted molar refractivity (Wildman–Crippen MR) is 123 cm³/mol. The number of esters is 1. The Kier molecular flexibility index (Phi) is 5.82. The summed E-state index contributed by atoms with van der Waals surface area (Å²) in [6.07, 6.45) is 0. The highest BCUT2D eigenvalue weighted by atomic mass is 16.5. The van der Waals surface area contributed by atoms with Crippen LogP contribution < -0.4 is 0 Å². The largest absolute Gasteiger partial charge is 0.503 e. The van der Waals surface area contributed by atoms with Gasteiger partial charge < -0.3 is 14.7 Å². The Morgan fingerprint density at radius 3 is 2.03 bits per heavy atom. The first kappa shape index (κ1) is 21.4. The smallest absolute Gasteiger partial charge is 0.337 e. The number of hydrogen-bond acceptors (Lipinski definition) is 4. The van der Waals surface area contributed by atoms with Gasteiger partial charge in [-0.1, -0.05) is 71.8 Å². The standard InChI is InChI=1S/C27H25NO4/c1-17-4-8-19(9-5-17)16-28-24(21-12-14-22(15-13-21)27(31)32-3)23(25(29)26(28)30)20-10-6-18(2)7-11-20/h4-15,24,29H,16H2,1-3H3/t24-/m1/s1. The maximum Gasteiger partial charge on any atom is 0.337 e. The van der Waals surface area contributed by atoms with Gasteiger partial charge >= 0.3 is 5.97 Å². The molecule has 3 aromatic rings. The molecule has 0 unspecified atom stereocenters. The minimum absolute atomic E-state index is 0.247. The van der Waals surface area contributed by atoms with Gasteiger partial charge in [-0.3, -0.25) is 4.79 Å². The van der Waals surface area contributed by atoms with Crippen molar-refractivity contribution in [1.82, 2.24) is 4.90 Å². The van der Waals surface area contributed by atoms with Gasteiger partial charge in [0.1, 0.15) is 0 Å². The number of carbonyl (C=O) groups is 2. The van der Waals surface area contributed by atoms with Crippen LogP contribution >= 0.6 is 0 Å². The van der Waals surface area contributed by atoms with E-state index in [1.807, 2.05) is 62.4 Å². The number of benzene rings is 3. The summed E-state index contributed by atoms with van der Waals surface area (Å²) in [7, 11) is 1.34. The third-order valence-corrected chi connectivity index (χ3v) is 5.79. The fourth-order valence-electron chi connectivity index (χ4n) is 4.00. The zero-order valence-electron chi connectivity index (χ0n) is 18.3. The average Bonchev–Trinajstić information content (AvgIpc) is 3.05. The molecule has 0 saturated carbocycles. The van der Waals surface area contributed by atoms with Crippen LogP contribution in [0, 0.1) is 13.8 Å². The van der Waals surface area contributed by atoms with Crippen molar-refractivity contribution < 1.29 is 19.4 Å². The third-order valence-electron chi connectivity index (χ3n) is 5.79. The molecule has 5 nitrogen and oxygen atoms in total. The molecule has 0 aliphatic carbocycles. The fraction of sp³-hybridized carbons (Fsp3) is 0.185. The first-order chi connectivity index (χ1) is 15.4. The second-order valence-electron chi connectivity index (χ2n) is 8.06. The molecule has 0 fully saturated rings. The Morgan fingerprint density at radius 1 is 0.906 bits per heavy atom. The van der Waals surface area contributed by atoms with Gasteiger partial charge in [-0.2, -0.15) is 0 Å². The summed E-state index contributed by atoms with van der Waals surface area (Å²) >= 11 is 0. The number of rotatable bonds is 5. The van der Waals surface area contributed by atoms with Gasteiger partial charge in [-0.15, -0.1) is 0 Å². The van der Waals surface area contributed by atoms with Crippen molar-refractivity contribution in [3.63, 3.8) is 0 Å². The van der Waals surface area contributed by atoms with E-state index in [1.54, 1.807) is 29.2 Å². The zero-order chi connectivity index (χ0) is 22.8. The van der Waals surface area contributed by atoms with E-state index in [1.165, 1.54) is 7.11 Å². The second-order valence-corrected chi connectivity index (χ2v) is 8.06. The Bertz CT molecular complexity index is 1180. The number of aryl methyl sites for hydroxylation is 2. The van der Waals surface area contributed by atoms with Crippen LogP contribution in [0.2, 0.25) is 0 Å².